The van der Waals surface area contributed by atoms with Crippen molar-refractivity contribution in [2.45, 2.75) is 18.7 Å². The molecule has 0 bridgehead atoms. The highest BCUT2D eigenvalue weighted by molar-refractivity contribution is 7.92. The number of aromatic nitrogens is 2. The first-order valence-electron chi connectivity index (χ1n) is 9.02. The van der Waals surface area contributed by atoms with E-state index in [9.17, 15) is 13.2 Å². The Balaban J connectivity index is 1.66. The standard InChI is InChI=1S/C21H18Cl2N4O3S/c1-13-11-14(2)25-21(24-13)27-31(29,30)17-7-5-16(6-8-17)26-20(28)10-4-15-3-9-18(22)19(23)12-15/h3-12H,1-2H3,(H,26,28)(H,24,25,27). The second kappa shape index (κ2) is 9.47. The highest BCUT2D eigenvalue weighted by atomic mass is 35.5. The number of rotatable bonds is 6. The minimum absolute atomic E-state index is 0.00215. The predicted octanol–water partition coefficient (Wildman–Crippen LogP) is 4.85. The van der Waals surface area contributed by atoms with Gasteiger partial charge in [0.05, 0.1) is 14.9 Å². The van der Waals surface area contributed by atoms with Crippen LogP contribution in [0, 0.1) is 13.8 Å². The van der Waals surface area contributed by atoms with Gasteiger partial charge in [0, 0.05) is 23.2 Å². The monoisotopic (exact) mass is 476 g/mol. The molecule has 1 amide bonds. The van der Waals surface area contributed by atoms with Crippen molar-refractivity contribution in [1.82, 2.24) is 9.97 Å². The van der Waals surface area contributed by atoms with E-state index in [1.165, 1.54) is 30.3 Å². The summed E-state index contributed by atoms with van der Waals surface area (Å²) in [6.45, 7) is 3.50. The number of nitrogens with one attached hydrogen (secondary N) is 2. The van der Waals surface area contributed by atoms with Gasteiger partial charge in [-0.25, -0.2) is 23.1 Å². The Morgan fingerprint density at radius 3 is 2.19 bits per heavy atom. The Morgan fingerprint density at radius 1 is 0.935 bits per heavy atom. The molecule has 0 fully saturated rings. The van der Waals surface area contributed by atoms with Crippen molar-refractivity contribution in [3.05, 3.63) is 81.6 Å². The number of benzene rings is 2. The molecular formula is C21H18Cl2N4O3S. The molecule has 7 nitrogen and oxygen atoms in total. The van der Waals surface area contributed by atoms with Crippen molar-refractivity contribution in [2.24, 2.45) is 0 Å². The second-order valence-corrected chi connectivity index (χ2v) is 9.10. The summed E-state index contributed by atoms with van der Waals surface area (Å²) >= 11 is 11.8. The lowest BCUT2D eigenvalue weighted by atomic mass is 10.2. The molecular weight excluding hydrogens is 459 g/mol. The molecule has 2 aromatic carbocycles. The van der Waals surface area contributed by atoms with Crippen molar-refractivity contribution in [1.29, 1.82) is 0 Å². The molecule has 0 aliphatic rings. The van der Waals surface area contributed by atoms with E-state index in [4.69, 9.17) is 23.2 Å². The molecule has 1 aromatic heterocycles. The Hall–Kier alpha value is -2.94. The van der Waals surface area contributed by atoms with E-state index in [1.807, 2.05) is 0 Å². The Bertz CT molecular complexity index is 1240. The number of sulfonamides is 1. The molecule has 0 unspecified atom stereocenters. The fourth-order valence-corrected chi connectivity index (χ4v) is 3.89. The van der Waals surface area contributed by atoms with Crippen molar-refractivity contribution >= 4 is 56.8 Å². The van der Waals surface area contributed by atoms with Crippen LogP contribution in [0.4, 0.5) is 11.6 Å². The lowest BCUT2D eigenvalue weighted by Gasteiger charge is -2.09. The molecule has 0 saturated carbocycles. The third-order valence-corrected chi connectivity index (χ3v) is 6.09. The van der Waals surface area contributed by atoms with Crippen molar-refractivity contribution in [3.63, 3.8) is 0 Å². The molecule has 2 N–H and O–H groups in total. The quantitative estimate of drug-likeness (QED) is 0.494. The summed E-state index contributed by atoms with van der Waals surface area (Å²) in [6, 6.07) is 12.5. The van der Waals surface area contributed by atoms with Crippen molar-refractivity contribution in [2.75, 3.05) is 10.0 Å². The maximum Gasteiger partial charge on any atom is 0.264 e. The van der Waals surface area contributed by atoms with Gasteiger partial charge in [-0.3, -0.25) is 4.79 Å². The smallest absolute Gasteiger partial charge is 0.264 e. The van der Waals surface area contributed by atoms with Crippen molar-refractivity contribution in [3.8, 4) is 0 Å². The fourth-order valence-electron chi connectivity index (χ4n) is 2.64. The second-order valence-electron chi connectivity index (χ2n) is 6.60. The van der Waals surface area contributed by atoms with Crippen molar-refractivity contribution < 1.29 is 13.2 Å². The fraction of sp³-hybridized carbons (Fsp3) is 0.0952. The summed E-state index contributed by atoms with van der Waals surface area (Å²) in [6.07, 6.45) is 2.92. The number of amides is 1. The van der Waals surface area contributed by atoms with Crippen LogP contribution < -0.4 is 10.0 Å². The molecule has 0 aliphatic heterocycles. The van der Waals surface area contributed by atoms with Gasteiger partial charge in [0.15, 0.2) is 0 Å². The number of carbonyl (C=O) groups is 1. The van der Waals surface area contributed by atoms with Crippen LogP contribution in [0.3, 0.4) is 0 Å². The van der Waals surface area contributed by atoms with Gasteiger partial charge < -0.3 is 5.32 Å². The third-order valence-electron chi connectivity index (χ3n) is 4.01. The average molecular weight is 477 g/mol. The number of hydrogen-bond donors (Lipinski definition) is 2. The molecule has 31 heavy (non-hydrogen) atoms. The molecule has 0 radical (unpaired) electrons. The van der Waals surface area contributed by atoms with E-state index in [-0.39, 0.29) is 16.8 Å². The normalized spacial score (nSPS) is 11.5. The van der Waals surface area contributed by atoms with Crippen LogP contribution in [-0.4, -0.2) is 24.3 Å². The summed E-state index contributed by atoms with van der Waals surface area (Å²) in [5.74, 6) is -0.384. The Morgan fingerprint density at radius 2 is 1.58 bits per heavy atom. The van der Waals surface area contributed by atoms with Crippen LogP contribution in [0.2, 0.25) is 10.0 Å². The lowest BCUT2D eigenvalue weighted by molar-refractivity contribution is -0.111. The molecule has 3 aromatic rings. The Labute approximate surface area is 190 Å². The van der Waals surface area contributed by atoms with E-state index in [0.29, 0.717) is 32.7 Å². The van der Waals surface area contributed by atoms with E-state index in [1.54, 1.807) is 44.2 Å². The van der Waals surface area contributed by atoms with E-state index in [2.05, 4.69) is 20.0 Å². The summed E-state index contributed by atoms with van der Waals surface area (Å²) in [7, 11) is -3.87. The van der Waals surface area contributed by atoms with Crippen LogP contribution in [0.1, 0.15) is 17.0 Å². The number of nitrogens with zero attached hydrogens (tertiary/aromatic N) is 2. The minimum Gasteiger partial charge on any atom is -0.323 e. The van der Waals surface area contributed by atoms with Crippen LogP contribution in [0.15, 0.2) is 59.5 Å². The molecule has 0 spiro atoms. The van der Waals surface area contributed by atoms with Gasteiger partial charge in [-0.15, -0.1) is 0 Å². The topological polar surface area (TPSA) is 101 Å². The first kappa shape index (κ1) is 22.7. The van der Waals surface area contributed by atoms with E-state index in [0.717, 1.165) is 0 Å². The largest absolute Gasteiger partial charge is 0.323 e. The average Bonchev–Trinajstić information content (AvgIpc) is 2.68. The molecule has 10 heteroatoms. The summed E-state index contributed by atoms with van der Waals surface area (Å²) < 4.78 is 27.5. The summed E-state index contributed by atoms with van der Waals surface area (Å²) in [4.78, 5) is 20.3. The zero-order valence-corrected chi connectivity index (χ0v) is 18.9. The molecule has 3 rings (SSSR count). The first-order chi connectivity index (χ1) is 14.6. The SMILES string of the molecule is Cc1cc(C)nc(NS(=O)(=O)c2ccc(NC(=O)C=Cc3ccc(Cl)c(Cl)c3)cc2)n1. The Kier molecular flexibility index (Phi) is 6.94. The number of anilines is 2. The van der Waals surface area contributed by atoms with Crippen LogP contribution in [0.25, 0.3) is 6.08 Å². The van der Waals surface area contributed by atoms with Gasteiger partial charge in [0.25, 0.3) is 10.0 Å². The highest BCUT2D eigenvalue weighted by Crippen LogP contribution is 2.23. The number of halogens is 2. The van der Waals surface area contributed by atoms with E-state index < -0.39 is 10.0 Å². The zero-order valence-electron chi connectivity index (χ0n) is 16.6. The first-order valence-corrected chi connectivity index (χ1v) is 11.3. The zero-order chi connectivity index (χ0) is 22.6. The molecule has 0 saturated heterocycles. The van der Waals surface area contributed by atoms with Gasteiger partial charge in [-0.1, -0.05) is 29.3 Å². The van der Waals surface area contributed by atoms with Crippen LogP contribution in [-0.2, 0) is 14.8 Å². The minimum atomic E-state index is -3.87. The maximum absolute atomic E-state index is 12.6. The molecule has 160 valence electrons. The number of aryl methyl sites for hydroxylation is 2. The van der Waals surface area contributed by atoms with Gasteiger partial charge >= 0.3 is 0 Å². The van der Waals surface area contributed by atoms with Gasteiger partial charge in [0.1, 0.15) is 0 Å². The molecule has 0 aliphatic carbocycles. The van der Waals surface area contributed by atoms with Gasteiger partial charge in [-0.05, 0) is 68.0 Å². The van der Waals surface area contributed by atoms with Crippen LogP contribution >= 0.6 is 23.2 Å². The van der Waals surface area contributed by atoms with Crippen LogP contribution in [0.5, 0.6) is 0 Å². The predicted molar refractivity (Wildman–Crippen MR) is 123 cm³/mol. The summed E-state index contributed by atoms with van der Waals surface area (Å²) in [5, 5.41) is 3.47. The maximum atomic E-state index is 12.6. The molecule has 0 atom stereocenters. The van der Waals surface area contributed by atoms with E-state index >= 15 is 0 Å². The third kappa shape index (κ3) is 6.27. The summed E-state index contributed by atoms with van der Waals surface area (Å²) in [5.41, 5.74) is 2.45. The molecule has 1 heterocycles. The lowest BCUT2D eigenvalue weighted by Crippen LogP contribution is -2.16. The number of carbonyl (C=O) groups excluding carboxylic acids is 1. The van der Waals surface area contributed by atoms with Gasteiger partial charge in [-0.2, -0.15) is 0 Å². The number of hydrogen-bond acceptors (Lipinski definition) is 5. The van der Waals surface area contributed by atoms with Gasteiger partial charge in [0.2, 0.25) is 11.9 Å². The highest BCUT2D eigenvalue weighted by Gasteiger charge is 2.16.